The molecule has 116 valence electrons. The molecule has 22 heavy (non-hydrogen) atoms. The monoisotopic (exact) mass is 320 g/mol. The van der Waals surface area contributed by atoms with E-state index in [0.717, 1.165) is 0 Å². The number of carbonyl (C=O) groups excluding carboxylic acids is 2. The fourth-order valence-corrected chi connectivity index (χ4v) is 4.93. The topological polar surface area (TPSA) is 92.7 Å². The first-order chi connectivity index (χ1) is 10.3. The van der Waals surface area contributed by atoms with Gasteiger partial charge in [-0.3, -0.25) is 9.59 Å². The molecule has 1 N–H and O–H groups in total. The van der Waals surface area contributed by atoms with Crippen LogP contribution in [0.15, 0.2) is 41.1 Å². The number of amides is 1. The summed E-state index contributed by atoms with van der Waals surface area (Å²) < 4.78 is 23.2. The summed E-state index contributed by atoms with van der Waals surface area (Å²) in [5.74, 6) is -1.16. The first-order valence-electron chi connectivity index (χ1n) is 7.00. The first-order valence-corrected chi connectivity index (χ1v) is 8.82. The molecule has 0 aromatic carbocycles. The molecule has 2 aliphatic heterocycles. The number of hydrogen-bond donors (Lipinski definition) is 1. The van der Waals surface area contributed by atoms with Crippen molar-refractivity contribution < 1.29 is 18.0 Å². The lowest BCUT2D eigenvalue weighted by atomic mass is 9.91. The van der Waals surface area contributed by atoms with E-state index in [2.05, 4.69) is 10.3 Å². The van der Waals surface area contributed by atoms with Crippen molar-refractivity contribution in [1.82, 2.24) is 5.32 Å². The fourth-order valence-electron chi connectivity index (χ4n) is 2.84. The van der Waals surface area contributed by atoms with Gasteiger partial charge in [-0.25, -0.2) is 13.4 Å². The maximum absolute atomic E-state index is 12.3. The van der Waals surface area contributed by atoms with Gasteiger partial charge in [0.15, 0.2) is 15.6 Å². The molecule has 3 aliphatic rings. The third kappa shape index (κ3) is 2.81. The molecule has 0 aromatic rings. The minimum atomic E-state index is -3.12. The maximum atomic E-state index is 12.3. The van der Waals surface area contributed by atoms with Crippen molar-refractivity contribution in [2.75, 3.05) is 11.5 Å². The van der Waals surface area contributed by atoms with Gasteiger partial charge < -0.3 is 5.32 Å². The standard InChI is InChI=1S/C15H16N2O4S/c1-15(6-7-22(20,21)9-15)17-14(19)12-8-13(18)10-4-2-3-5-11(10)16-12/h2-5,8,10H,6-7,9H2,1H3,(H,17,19). The summed E-state index contributed by atoms with van der Waals surface area (Å²) in [6.45, 7) is 1.69. The summed E-state index contributed by atoms with van der Waals surface area (Å²) in [5, 5.41) is 2.71. The number of ketones is 1. The number of nitrogens with one attached hydrogen (secondary N) is 1. The summed E-state index contributed by atoms with van der Waals surface area (Å²) in [6.07, 6.45) is 8.55. The molecule has 0 bridgehead atoms. The van der Waals surface area contributed by atoms with E-state index in [0.29, 0.717) is 12.1 Å². The van der Waals surface area contributed by atoms with Crippen molar-refractivity contribution in [1.29, 1.82) is 0 Å². The van der Waals surface area contributed by atoms with Gasteiger partial charge in [-0.2, -0.15) is 0 Å². The molecular formula is C15H16N2O4S. The predicted octanol–water partition coefficient (Wildman–Crippen LogP) is 0.330. The molecule has 1 fully saturated rings. The molecule has 0 radical (unpaired) electrons. The van der Waals surface area contributed by atoms with Crippen LogP contribution in [0, 0.1) is 5.92 Å². The third-order valence-corrected chi connectivity index (χ3v) is 5.89. The lowest BCUT2D eigenvalue weighted by molar-refractivity contribution is -0.120. The maximum Gasteiger partial charge on any atom is 0.270 e. The molecule has 2 unspecified atom stereocenters. The van der Waals surface area contributed by atoms with Crippen LogP contribution in [0.2, 0.25) is 0 Å². The van der Waals surface area contributed by atoms with Gasteiger partial charge in [0.1, 0.15) is 5.70 Å². The second kappa shape index (κ2) is 5.01. The summed E-state index contributed by atoms with van der Waals surface area (Å²) in [6, 6.07) is 0. The van der Waals surface area contributed by atoms with Crippen molar-refractivity contribution in [2.45, 2.75) is 18.9 Å². The number of sulfone groups is 1. The molecule has 0 saturated carbocycles. The van der Waals surface area contributed by atoms with E-state index in [-0.39, 0.29) is 23.0 Å². The van der Waals surface area contributed by atoms with Gasteiger partial charge in [-0.15, -0.1) is 0 Å². The largest absolute Gasteiger partial charge is 0.344 e. The second-order valence-corrected chi connectivity index (χ2v) is 8.23. The molecule has 0 aromatic heterocycles. The Morgan fingerprint density at radius 1 is 1.41 bits per heavy atom. The van der Waals surface area contributed by atoms with Gasteiger partial charge in [0.2, 0.25) is 0 Å². The van der Waals surface area contributed by atoms with Crippen molar-refractivity contribution in [3.63, 3.8) is 0 Å². The van der Waals surface area contributed by atoms with E-state index < -0.39 is 27.2 Å². The Balaban J connectivity index is 1.79. The SMILES string of the molecule is CC1(NC(=O)C2=CC(=O)C3C=CC=CC3=N2)CCS(=O)(=O)C1. The number of carbonyl (C=O) groups is 2. The average molecular weight is 320 g/mol. The molecule has 6 nitrogen and oxygen atoms in total. The highest BCUT2D eigenvalue weighted by atomic mass is 32.2. The van der Waals surface area contributed by atoms with Gasteiger partial charge in [0.05, 0.1) is 28.7 Å². The second-order valence-electron chi connectivity index (χ2n) is 6.05. The molecule has 1 amide bonds. The highest BCUT2D eigenvalue weighted by Gasteiger charge is 2.40. The number of nitrogens with zero attached hydrogens (tertiary/aromatic N) is 1. The Kier molecular flexibility index (Phi) is 3.40. The molecule has 2 atom stereocenters. The molecule has 1 saturated heterocycles. The molecule has 0 spiro atoms. The van der Waals surface area contributed by atoms with Crippen LogP contribution >= 0.6 is 0 Å². The molecule has 2 heterocycles. The first kappa shape index (κ1) is 14.9. The quantitative estimate of drug-likeness (QED) is 0.793. The molecule has 1 aliphatic carbocycles. The van der Waals surface area contributed by atoms with E-state index in [1.54, 1.807) is 31.2 Å². The van der Waals surface area contributed by atoms with Crippen LogP contribution in [0.5, 0.6) is 0 Å². The third-order valence-electron chi connectivity index (χ3n) is 3.99. The lowest BCUT2D eigenvalue weighted by Crippen LogP contribution is -2.47. The summed E-state index contributed by atoms with van der Waals surface area (Å²) in [5.41, 5.74) is -0.245. The van der Waals surface area contributed by atoms with E-state index in [1.807, 2.05) is 0 Å². The number of hydrogen-bond acceptors (Lipinski definition) is 5. The van der Waals surface area contributed by atoms with Crippen LogP contribution in [-0.2, 0) is 19.4 Å². The Bertz CT molecular complexity index is 773. The Morgan fingerprint density at radius 2 is 2.18 bits per heavy atom. The van der Waals surface area contributed by atoms with Crippen LogP contribution in [0.3, 0.4) is 0 Å². The number of aliphatic imine (C=N–C) groups is 1. The van der Waals surface area contributed by atoms with Crippen molar-refractivity contribution in [2.24, 2.45) is 10.9 Å². The zero-order chi connectivity index (χ0) is 16.0. The van der Waals surface area contributed by atoms with Crippen molar-refractivity contribution >= 4 is 27.2 Å². The summed E-state index contributed by atoms with van der Waals surface area (Å²) in [4.78, 5) is 28.6. The average Bonchev–Trinajstić information content (AvgIpc) is 2.72. The number of fused-ring (bicyclic) bond motifs is 1. The summed E-state index contributed by atoms with van der Waals surface area (Å²) in [7, 11) is -3.12. The highest BCUT2D eigenvalue weighted by molar-refractivity contribution is 7.91. The zero-order valence-electron chi connectivity index (χ0n) is 12.1. The van der Waals surface area contributed by atoms with Gasteiger partial charge in [-0.05, 0) is 19.4 Å². The van der Waals surface area contributed by atoms with Gasteiger partial charge in [-0.1, -0.05) is 18.2 Å². The minimum absolute atomic E-state index is 0.0294. The van der Waals surface area contributed by atoms with Gasteiger partial charge in [0, 0.05) is 6.08 Å². The van der Waals surface area contributed by atoms with Crippen LogP contribution in [0.25, 0.3) is 0 Å². The molecule has 3 rings (SSSR count). The van der Waals surface area contributed by atoms with Crippen LogP contribution in [0.1, 0.15) is 13.3 Å². The Morgan fingerprint density at radius 3 is 2.86 bits per heavy atom. The Hall–Kier alpha value is -2.02. The van der Waals surface area contributed by atoms with Crippen LogP contribution in [-0.4, -0.2) is 42.9 Å². The number of allylic oxidation sites excluding steroid dienone is 5. The van der Waals surface area contributed by atoms with Gasteiger partial charge in [0.25, 0.3) is 5.91 Å². The normalized spacial score (nSPS) is 32.2. The van der Waals surface area contributed by atoms with Crippen LogP contribution < -0.4 is 5.32 Å². The van der Waals surface area contributed by atoms with Gasteiger partial charge >= 0.3 is 0 Å². The smallest absolute Gasteiger partial charge is 0.270 e. The molecular weight excluding hydrogens is 304 g/mol. The highest BCUT2D eigenvalue weighted by Crippen LogP contribution is 2.25. The van der Waals surface area contributed by atoms with E-state index in [9.17, 15) is 18.0 Å². The lowest BCUT2D eigenvalue weighted by Gasteiger charge is -2.25. The van der Waals surface area contributed by atoms with E-state index >= 15 is 0 Å². The summed E-state index contributed by atoms with van der Waals surface area (Å²) >= 11 is 0. The van der Waals surface area contributed by atoms with E-state index in [1.165, 1.54) is 6.08 Å². The fraction of sp³-hybridized carbons (Fsp3) is 0.400. The van der Waals surface area contributed by atoms with Crippen molar-refractivity contribution in [3.8, 4) is 0 Å². The van der Waals surface area contributed by atoms with Crippen LogP contribution in [0.4, 0.5) is 0 Å². The Labute approximate surface area is 128 Å². The van der Waals surface area contributed by atoms with E-state index in [4.69, 9.17) is 0 Å². The zero-order valence-corrected chi connectivity index (χ0v) is 12.9. The number of rotatable bonds is 2. The van der Waals surface area contributed by atoms with Crippen molar-refractivity contribution in [3.05, 3.63) is 36.1 Å². The predicted molar refractivity (Wildman–Crippen MR) is 82.1 cm³/mol. The minimum Gasteiger partial charge on any atom is -0.344 e. The molecule has 7 heteroatoms.